The molecule has 3 aromatic rings. The summed E-state index contributed by atoms with van der Waals surface area (Å²) in [5, 5.41) is 41.6. The first-order chi connectivity index (χ1) is 22.0. The van der Waals surface area contributed by atoms with Crippen molar-refractivity contribution in [3.8, 4) is 23.0 Å². The van der Waals surface area contributed by atoms with Crippen molar-refractivity contribution in [3.05, 3.63) is 58.2 Å². The molecule has 12 nitrogen and oxygen atoms in total. The van der Waals surface area contributed by atoms with Crippen LogP contribution in [0.3, 0.4) is 0 Å². The molecule has 2 aromatic carbocycles. The number of pyridine rings is 1. The predicted octanol–water partition coefficient (Wildman–Crippen LogP) is -0.524. The summed E-state index contributed by atoms with van der Waals surface area (Å²) in [6.45, 7) is 8.91. The first-order valence-electron chi connectivity index (χ1n) is 15.1. The van der Waals surface area contributed by atoms with Gasteiger partial charge in [-0.2, -0.15) is 0 Å². The summed E-state index contributed by atoms with van der Waals surface area (Å²) in [5.74, 6) is 0.849. The first-order valence-corrected chi connectivity index (χ1v) is 15.6. The SMILES string of the molecule is C1CNCCNCCNCCN1.COc1cc2c(c(OC)c1OC)=N/C(=C(\[O-])N1CC(CCl)c3c1cc([O-])c1ncccc31)C=2.[Co+2]. The molecule has 1 atom stereocenters. The molecule has 0 spiro atoms. The van der Waals surface area contributed by atoms with Gasteiger partial charge in [0.2, 0.25) is 5.75 Å². The number of anilines is 1. The second-order valence-electron chi connectivity index (χ2n) is 10.7. The average molecular weight is 697 g/mol. The van der Waals surface area contributed by atoms with Crippen LogP contribution in [0.5, 0.6) is 23.0 Å². The van der Waals surface area contributed by atoms with Gasteiger partial charge in [-0.1, -0.05) is 11.8 Å². The molecule has 4 heterocycles. The van der Waals surface area contributed by atoms with Crippen LogP contribution in [0.25, 0.3) is 17.0 Å². The van der Waals surface area contributed by atoms with E-state index in [0.29, 0.717) is 51.5 Å². The largest absolute Gasteiger partial charge is 2.00 e. The minimum Gasteiger partial charge on any atom is -0.871 e. The Bertz CT molecular complexity index is 1620. The standard InChI is InChI=1S/C24H22ClN3O5.C8H20N4.Co/c1-31-18-8-12-7-15(27-20(12)23(33-3)22(18)32-2)24(30)28-11-13(10-25)19-14-5-4-6-26-21(14)17(29)9-16(19)28;1-2-10-5-6-12-8-7-11-4-3-9-1;/h4-9,13,29-30H,10-11H2,1-3H3;9-12H,1-8H2;/q;;+2/p-2/b24-15-;;. The molecule has 3 aliphatic rings. The van der Waals surface area contributed by atoms with Gasteiger partial charge in [0.15, 0.2) is 11.5 Å². The van der Waals surface area contributed by atoms with E-state index in [4.69, 9.17) is 25.8 Å². The number of hydrogen-bond donors (Lipinski definition) is 4. The van der Waals surface area contributed by atoms with E-state index in [1.54, 1.807) is 29.3 Å². The van der Waals surface area contributed by atoms with E-state index in [1.165, 1.54) is 27.4 Å². The first kappa shape index (κ1) is 35.5. The number of rotatable bonds is 5. The number of aromatic nitrogens is 1. The van der Waals surface area contributed by atoms with Gasteiger partial charge in [-0.25, -0.2) is 4.99 Å². The van der Waals surface area contributed by atoms with Crippen molar-refractivity contribution < 1.29 is 41.2 Å². The maximum absolute atomic E-state index is 13.6. The number of fused-ring (bicyclic) bond motifs is 4. The Balaban J connectivity index is 0.000000314. The molecule has 0 aliphatic carbocycles. The van der Waals surface area contributed by atoms with Gasteiger partial charge < -0.3 is 50.6 Å². The zero-order valence-electron chi connectivity index (χ0n) is 26.2. The van der Waals surface area contributed by atoms with Crippen LogP contribution in [-0.4, -0.2) is 91.1 Å². The summed E-state index contributed by atoms with van der Waals surface area (Å²) in [6.07, 6.45) is 3.26. The number of halogens is 1. The smallest absolute Gasteiger partial charge is 0.871 e. The third-order valence-corrected chi connectivity index (χ3v) is 8.27. The minimum atomic E-state index is -0.331. The maximum atomic E-state index is 13.6. The van der Waals surface area contributed by atoms with Crippen molar-refractivity contribution in [1.29, 1.82) is 0 Å². The molecule has 46 heavy (non-hydrogen) atoms. The van der Waals surface area contributed by atoms with Crippen LogP contribution in [0, 0.1) is 0 Å². The van der Waals surface area contributed by atoms with Crippen LogP contribution in [0.1, 0.15) is 11.5 Å². The normalized spacial score (nSPS) is 19.0. The van der Waals surface area contributed by atoms with Crippen LogP contribution < -0.4 is 61.2 Å². The number of alkyl halides is 1. The van der Waals surface area contributed by atoms with Crippen LogP contribution in [-0.2, 0) is 16.8 Å². The predicted molar refractivity (Wildman–Crippen MR) is 172 cm³/mol. The van der Waals surface area contributed by atoms with Gasteiger partial charge in [-0.3, -0.25) is 4.98 Å². The van der Waals surface area contributed by atoms with E-state index in [2.05, 4.69) is 31.2 Å². The van der Waals surface area contributed by atoms with Crippen molar-refractivity contribution in [3.63, 3.8) is 0 Å². The van der Waals surface area contributed by atoms with Gasteiger partial charge in [-0.05, 0) is 35.7 Å². The molecule has 6 rings (SSSR count). The summed E-state index contributed by atoms with van der Waals surface area (Å²) < 4.78 is 16.3. The Labute approximate surface area is 284 Å². The zero-order chi connectivity index (χ0) is 31.8. The van der Waals surface area contributed by atoms with E-state index in [9.17, 15) is 10.2 Å². The van der Waals surface area contributed by atoms with Crippen molar-refractivity contribution in [2.24, 2.45) is 4.99 Å². The fourth-order valence-electron chi connectivity index (χ4n) is 5.75. The van der Waals surface area contributed by atoms with Gasteiger partial charge in [-0.15, -0.1) is 11.6 Å². The second-order valence-corrected chi connectivity index (χ2v) is 11.0. The van der Waals surface area contributed by atoms with E-state index in [1.807, 2.05) is 6.07 Å². The molecule has 0 bridgehead atoms. The zero-order valence-corrected chi connectivity index (χ0v) is 28.0. The Hall–Kier alpha value is -3.30. The van der Waals surface area contributed by atoms with E-state index in [0.717, 1.165) is 63.3 Å². The molecule has 3 aliphatic heterocycles. The number of benzene rings is 2. The molecule has 14 heteroatoms. The minimum absolute atomic E-state index is 0. The molecular formula is C32H40ClCoN7O5. The Morgan fingerprint density at radius 2 is 1.54 bits per heavy atom. The van der Waals surface area contributed by atoms with Gasteiger partial charge >= 0.3 is 16.8 Å². The van der Waals surface area contributed by atoms with Gasteiger partial charge in [0, 0.05) is 93.2 Å². The Kier molecular flexibility index (Phi) is 13.2. The molecule has 1 saturated heterocycles. The van der Waals surface area contributed by atoms with Crippen LogP contribution in [0.2, 0.25) is 0 Å². The van der Waals surface area contributed by atoms with Gasteiger partial charge in [0.1, 0.15) is 5.36 Å². The molecule has 1 aromatic heterocycles. The van der Waals surface area contributed by atoms with Crippen LogP contribution in [0.4, 0.5) is 5.69 Å². The molecular weight excluding hydrogens is 657 g/mol. The number of methoxy groups -OCH3 is 3. The number of ether oxygens (including phenoxy) is 3. The Morgan fingerprint density at radius 3 is 2.09 bits per heavy atom. The number of nitrogens with one attached hydrogen (secondary N) is 4. The number of hydrogen-bond acceptors (Lipinski definition) is 12. The van der Waals surface area contributed by atoms with Gasteiger partial charge in [0.25, 0.3) is 0 Å². The fourth-order valence-corrected chi connectivity index (χ4v) is 6.00. The molecule has 1 fully saturated rings. The summed E-state index contributed by atoms with van der Waals surface area (Å²) >= 11 is 6.27. The quantitative estimate of drug-likeness (QED) is 0.202. The molecule has 1 radical (unpaired) electrons. The molecule has 0 saturated carbocycles. The number of allylic oxidation sites excluding steroid dienone is 1. The molecule has 1 unspecified atom stereocenters. The summed E-state index contributed by atoms with van der Waals surface area (Å²) in [5.41, 5.74) is 2.00. The summed E-state index contributed by atoms with van der Waals surface area (Å²) in [6, 6.07) is 6.82. The van der Waals surface area contributed by atoms with Crippen LogP contribution >= 0.6 is 11.6 Å². The van der Waals surface area contributed by atoms with Crippen molar-refractivity contribution in [2.45, 2.75) is 5.92 Å². The van der Waals surface area contributed by atoms with Crippen molar-refractivity contribution in [1.82, 2.24) is 26.3 Å². The summed E-state index contributed by atoms with van der Waals surface area (Å²) in [4.78, 5) is 10.3. The second kappa shape index (κ2) is 17.0. The maximum Gasteiger partial charge on any atom is 2.00 e. The van der Waals surface area contributed by atoms with Crippen molar-refractivity contribution in [2.75, 3.05) is 91.0 Å². The fraction of sp³-hybridized carbons (Fsp3) is 0.438. The van der Waals surface area contributed by atoms with Gasteiger partial charge in [0.05, 0.1) is 32.5 Å². The third kappa shape index (κ3) is 7.63. The van der Waals surface area contributed by atoms with E-state index >= 15 is 0 Å². The van der Waals surface area contributed by atoms with Crippen molar-refractivity contribution >= 4 is 34.3 Å². The molecule has 4 N–H and O–H groups in total. The topological polar surface area (TPSA) is 150 Å². The third-order valence-electron chi connectivity index (χ3n) is 7.90. The van der Waals surface area contributed by atoms with E-state index in [-0.39, 0.29) is 40.0 Å². The monoisotopic (exact) mass is 696 g/mol. The Morgan fingerprint density at radius 1 is 0.935 bits per heavy atom. The van der Waals surface area contributed by atoms with E-state index < -0.39 is 0 Å². The van der Waals surface area contributed by atoms with Crippen LogP contribution in [0.15, 0.2) is 47.0 Å². The molecule has 249 valence electrons. The summed E-state index contributed by atoms with van der Waals surface area (Å²) in [7, 11) is 4.54. The number of nitrogens with zero attached hydrogens (tertiary/aromatic N) is 3. The molecule has 0 amide bonds. The average Bonchev–Trinajstić information content (AvgIpc) is 3.66.